The van der Waals surface area contributed by atoms with Crippen molar-refractivity contribution in [2.45, 2.75) is 6.29 Å². The first-order chi connectivity index (χ1) is 15.3. The molecule has 7 nitrogen and oxygen atoms in total. The fourth-order valence-corrected chi connectivity index (χ4v) is 3.38. The summed E-state index contributed by atoms with van der Waals surface area (Å²) in [4.78, 5) is 16.0. The summed E-state index contributed by atoms with van der Waals surface area (Å²) in [6.07, 6.45) is -3.75. The Bertz CT molecular complexity index is 1360. The number of fused-ring (bicyclic) bond motifs is 1. The minimum Gasteiger partial charge on any atom is -0.478 e. The summed E-state index contributed by atoms with van der Waals surface area (Å²) in [6, 6.07) is 17.2. The topological polar surface area (TPSA) is 86.5 Å². The molecule has 32 heavy (non-hydrogen) atoms. The molecular weight excluding hydrogens is 444 g/mol. The van der Waals surface area contributed by atoms with Crippen molar-refractivity contribution in [3.8, 4) is 40.0 Å². The molecule has 0 bridgehead atoms. The van der Waals surface area contributed by atoms with E-state index in [0.717, 1.165) is 0 Å². The highest BCUT2D eigenvalue weighted by Gasteiger charge is 2.43. The normalized spacial score (nSPS) is 13.8. The van der Waals surface area contributed by atoms with Crippen LogP contribution < -0.4 is 9.47 Å². The highest BCUT2D eigenvalue weighted by Crippen LogP contribution is 2.43. The van der Waals surface area contributed by atoms with E-state index in [9.17, 15) is 18.7 Å². The van der Waals surface area contributed by atoms with Crippen molar-refractivity contribution in [1.82, 2.24) is 14.8 Å². The van der Waals surface area contributed by atoms with E-state index >= 15 is 0 Å². The van der Waals surface area contributed by atoms with Crippen LogP contribution in [-0.4, -0.2) is 32.1 Å². The molecule has 0 spiro atoms. The van der Waals surface area contributed by atoms with Crippen molar-refractivity contribution in [1.29, 1.82) is 0 Å². The Morgan fingerprint density at radius 1 is 0.969 bits per heavy atom. The Balaban J connectivity index is 1.67. The van der Waals surface area contributed by atoms with Crippen LogP contribution in [0.3, 0.4) is 0 Å². The summed E-state index contributed by atoms with van der Waals surface area (Å²) in [5.41, 5.74) is 1.56. The fourth-order valence-electron chi connectivity index (χ4n) is 3.26. The number of hydrogen-bond acceptors (Lipinski definition) is 5. The number of halogens is 3. The molecule has 5 rings (SSSR count). The zero-order chi connectivity index (χ0) is 22.5. The quantitative estimate of drug-likeness (QED) is 0.451. The summed E-state index contributed by atoms with van der Waals surface area (Å²) in [5.74, 6) is -0.721. The van der Waals surface area contributed by atoms with Gasteiger partial charge in [0.1, 0.15) is 0 Å². The van der Waals surface area contributed by atoms with Gasteiger partial charge in [0.25, 0.3) is 0 Å². The largest absolute Gasteiger partial charge is 0.586 e. The van der Waals surface area contributed by atoms with Gasteiger partial charge in [0, 0.05) is 16.1 Å². The molecule has 1 aliphatic rings. The summed E-state index contributed by atoms with van der Waals surface area (Å²) in [6.45, 7) is 0. The molecule has 160 valence electrons. The molecule has 4 aromatic rings. The molecule has 0 saturated heterocycles. The zero-order valence-corrected chi connectivity index (χ0v) is 16.8. The number of nitrogens with zero attached hydrogens (tertiary/aromatic N) is 3. The maximum atomic E-state index is 13.4. The lowest BCUT2D eigenvalue weighted by atomic mass is 10.1. The number of carboxylic acid groups (broad SMARTS) is 1. The SMILES string of the molecule is O=C(O)c1cccc(-n2nc(-c3ccc(Cl)cc3)nc2-c2ccc3c(c2)OC(F)(F)O3)c1. The van der Waals surface area contributed by atoms with E-state index in [-0.39, 0.29) is 17.1 Å². The fraction of sp³-hybridized carbons (Fsp3) is 0.0455. The summed E-state index contributed by atoms with van der Waals surface area (Å²) in [5, 5.41) is 14.4. The number of carbonyl (C=O) groups is 1. The number of rotatable bonds is 4. The predicted octanol–water partition coefficient (Wildman–Crippen LogP) is 5.27. The van der Waals surface area contributed by atoms with E-state index in [2.05, 4.69) is 19.6 Å². The second-order valence-electron chi connectivity index (χ2n) is 6.86. The van der Waals surface area contributed by atoms with Crippen molar-refractivity contribution >= 4 is 17.6 Å². The Kier molecular flexibility index (Phi) is 4.56. The lowest BCUT2D eigenvalue weighted by Gasteiger charge is -2.07. The van der Waals surface area contributed by atoms with Crippen molar-refractivity contribution in [3.63, 3.8) is 0 Å². The minimum atomic E-state index is -3.75. The van der Waals surface area contributed by atoms with E-state index in [1.54, 1.807) is 36.4 Å². The first-order valence-corrected chi connectivity index (χ1v) is 9.64. The van der Waals surface area contributed by atoms with Crippen LogP contribution in [0.15, 0.2) is 66.7 Å². The average molecular weight is 456 g/mol. The molecule has 0 radical (unpaired) electrons. The van der Waals surface area contributed by atoms with Gasteiger partial charge in [-0.25, -0.2) is 14.5 Å². The lowest BCUT2D eigenvalue weighted by Crippen LogP contribution is -2.25. The van der Waals surface area contributed by atoms with E-state index in [1.165, 1.54) is 35.0 Å². The third kappa shape index (κ3) is 3.63. The first kappa shape index (κ1) is 20.0. The van der Waals surface area contributed by atoms with Gasteiger partial charge in [-0.3, -0.25) is 0 Å². The van der Waals surface area contributed by atoms with Crippen LogP contribution in [0.1, 0.15) is 10.4 Å². The smallest absolute Gasteiger partial charge is 0.478 e. The molecule has 2 heterocycles. The van der Waals surface area contributed by atoms with Gasteiger partial charge in [-0.2, -0.15) is 0 Å². The molecule has 0 atom stereocenters. The van der Waals surface area contributed by atoms with Crippen molar-refractivity contribution in [2.75, 3.05) is 0 Å². The number of alkyl halides is 2. The molecule has 0 saturated carbocycles. The molecule has 0 fully saturated rings. The second kappa shape index (κ2) is 7.31. The van der Waals surface area contributed by atoms with Crippen LogP contribution in [0.25, 0.3) is 28.5 Å². The molecule has 10 heteroatoms. The van der Waals surface area contributed by atoms with Crippen LogP contribution in [0.5, 0.6) is 11.5 Å². The Hall–Kier alpha value is -3.98. The van der Waals surface area contributed by atoms with Crippen LogP contribution in [0.4, 0.5) is 8.78 Å². The third-order valence-electron chi connectivity index (χ3n) is 4.71. The number of aromatic carboxylic acids is 1. The Morgan fingerprint density at radius 2 is 1.69 bits per heavy atom. The van der Waals surface area contributed by atoms with Crippen molar-refractivity contribution < 1.29 is 28.2 Å². The van der Waals surface area contributed by atoms with Crippen LogP contribution in [0, 0.1) is 0 Å². The van der Waals surface area contributed by atoms with Gasteiger partial charge in [0.2, 0.25) is 0 Å². The minimum absolute atomic E-state index is 0.0577. The van der Waals surface area contributed by atoms with Crippen LogP contribution in [-0.2, 0) is 0 Å². The summed E-state index contributed by atoms with van der Waals surface area (Å²) in [7, 11) is 0. The van der Waals surface area contributed by atoms with E-state index in [1.807, 2.05) is 0 Å². The van der Waals surface area contributed by atoms with E-state index in [0.29, 0.717) is 33.5 Å². The number of carboxylic acids is 1. The van der Waals surface area contributed by atoms with Crippen LogP contribution >= 0.6 is 11.6 Å². The van der Waals surface area contributed by atoms with Crippen LogP contribution in [0.2, 0.25) is 5.02 Å². The second-order valence-corrected chi connectivity index (χ2v) is 7.30. The summed E-state index contributed by atoms with van der Waals surface area (Å²) < 4.78 is 37.3. The number of aromatic nitrogens is 3. The standard InChI is InChI=1S/C22H12ClF2N3O4/c23-15-7-4-12(5-8-15)19-26-20(13-6-9-17-18(11-13)32-22(24,25)31-17)28(27-19)16-3-1-2-14(10-16)21(29)30/h1-11H,(H,29,30). The van der Waals surface area contributed by atoms with Gasteiger partial charge in [0.05, 0.1) is 11.3 Å². The van der Waals surface area contributed by atoms with E-state index in [4.69, 9.17) is 11.6 Å². The van der Waals surface area contributed by atoms with Gasteiger partial charge < -0.3 is 14.6 Å². The predicted molar refractivity (Wildman–Crippen MR) is 110 cm³/mol. The number of ether oxygens (including phenoxy) is 2. The van der Waals surface area contributed by atoms with Gasteiger partial charge in [0.15, 0.2) is 23.1 Å². The maximum Gasteiger partial charge on any atom is 0.586 e. The highest BCUT2D eigenvalue weighted by atomic mass is 35.5. The van der Waals surface area contributed by atoms with Crippen molar-refractivity contribution in [3.05, 3.63) is 77.3 Å². The van der Waals surface area contributed by atoms with E-state index < -0.39 is 12.3 Å². The Labute approximate surface area is 184 Å². The molecular formula is C22H12ClF2N3O4. The molecule has 0 unspecified atom stereocenters. The maximum absolute atomic E-state index is 13.4. The Morgan fingerprint density at radius 3 is 2.44 bits per heavy atom. The van der Waals surface area contributed by atoms with Gasteiger partial charge in [-0.1, -0.05) is 17.7 Å². The molecule has 1 aromatic heterocycles. The molecule has 3 aromatic carbocycles. The average Bonchev–Trinajstić information content (AvgIpc) is 3.33. The number of hydrogen-bond donors (Lipinski definition) is 1. The molecule has 0 aliphatic carbocycles. The molecule has 1 aliphatic heterocycles. The van der Waals surface area contributed by atoms with Gasteiger partial charge >= 0.3 is 12.3 Å². The lowest BCUT2D eigenvalue weighted by molar-refractivity contribution is -0.286. The van der Waals surface area contributed by atoms with Crippen molar-refractivity contribution in [2.24, 2.45) is 0 Å². The monoisotopic (exact) mass is 455 g/mol. The molecule has 0 amide bonds. The molecule has 1 N–H and O–H groups in total. The third-order valence-corrected chi connectivity index (χ3v) is 4.96. The number of benzene rings is 3. The van der Waals surface area contributed by atoms with Gasteiger partial charge in [-0.15, -0.1) is 13.9 Å². The van der Waals surface area contributed by atoms with Gasteiger partial charge in [-0.05, 0) is 60.7 Å². The summed E-state index contributed by atoms with van der Waals surface area (Å²) >= 11 is 5.96. The first-order valence-electron chi connectivity index (χ1n) is 9.26. The zero-order valence-electron chi connectivity index (χ0n) is 16.0. The highest BCUT2D eigenvalue weighted by molar-refractivity contribution is 6.30.